The molecule has 86 heavy (non-hydrogen) atoms. The summed E-state index contributed by atoms with van der Waals surface area (Å²) in [6, 6.07) is 130. The molecule has 0 aliphatic carbocycles. The molecule has 0 amide bonds. The van der Waals surface area contributed by atoms with Crippen LogP contribution in [0.5, 0.6) is 0 Å². The number of nitrogens with zero attached hydrogens (tertiary/aromatic N) is 1. The van der Waals surface area contributed by atoms with Crippen LogP contribution in [-0.2, 0) is 13.2 Å². The first-order valence-corrected chi connectivity index (χ1v) is 43.2. The Balaban J connectivity index is 0.000000142. The first-order chi connectivity index (χ1) is 42.0. The van der Waals surface area contributed by atoms with Crippen LogP contribution in [0.15, 0.2) is 364 Å². The number of hydrogen-bond donors (Lipinski definition) is 3. The Labute approximate surface area is 528 Å². The van der Waals surface area contributed by atoms with E-state index in [9.17, 15) is 0 Å². The maximum atomic E-state index is 8.45. The Bertz CT molecular complexity index is 2870. The minimum Gasteiger partial charge on any atom is -0.0620 e. The van der Waals surface area contributed by atoms with Crippen molar-refractivity contribution in [3.63, 3.8) is 0 Å². The maximum Gasteiger partial charge on any atom is 0.102 e. The second-order valence-corrected chi connectivity index (χ2v) is 44.3. The molecule has 12 heteroatoms. The van der Waals surface area contributed by atoms with Gasteiger partial charge in [-0.25, -0.2) is 0 Å². The Morgan fingerprint density at radius 2 is 0.314 bits per heavy atom. The fraction of sp³-hybridized carbons (Fsp3) is 0.0270. The van der Waals surface area contributed by atoms with Gasteiger partial charge in [-0.05, 0) is 146 Å². The average molecular weight is 1450 g/mol. The molecule has 0 aliphatic heterocycles. The molecule has 0 aliphatic rings. The summed E-state index contributed by atoms with van der Waals surface area (Å²) in [7, 11) is 13.6. The Morgan fingerprint density at radius 3 is 0.372 bits per heavy atom. The predicted octanol–water partition coefficient (Wildman–Crippen LogP) is 12.7. The summed E-state index contributed by atoms with van der Waals surface area (Å²) in [6.45, 7) is 0. The standard InChI is InChI=1S/4C18H15P.C2H6NO3.3ClH.Pt/c4*1-4-10-16(11-5-1)19(17-12-6-2-7-13-17)18-14-8-3-9-15-18;1-3-2(4,5)6;;;;/h4*1-15H;4-6H,1H3;3*1H;/q;;;;-1;;;;/p+1. The second-order valence-electron chi connectivity index (χ2n) is 19.2. The van der Waals surface area contributed by atoms with Gasteiger partial charge in [0.25, 0.3) is 0 Å². The summed E-state index contributed by atoms with van der Waals surface area (Å²) in [4.78, 5) is 0. The molecular formula is C74H70Cl3NO3P4Pt. The third-order valence-electron chi connectivity index (χ3n) is 13.4. The zero-order valence-electron chi connectivity index (χ0n) is 47.4. The van der Waals surface area contributed by atoms with Crippen LogP contribution in [0.2, 0.25) is 0 Å². The molecule has 0 unspecified atom stereocenters. The zero-order valence-corrected chi connectivity index (χ0v) is 55.9. The normalized spacial score (nSPS) is 11.2. The van der Waals surface area contributed by atoms with Gasteiger partial charge in [-0.3, -0.25) is 0 Å². The Morgan fingerprint density at radius 1 is 0.221 bits per heavy atom. The van der Waals surface area contributed by atoms with E-state index in [1.54, 1.807) is 0 Å². The summed E-state index contributed by atoms with van der Waals surface area (Å²) in [6.07, 6.45) is -3.04. The number of aliphatic hydroxyl groups is 3. The molecule has 0 saturated heterocycles. The number of benzene rings is 12. The van der Waals surface area contributed by atoms with E-state index in [2.05, 4.69) is 364 Å². The molecule has 12 aromatic carbocycles. The van der Waals surface area contributed by atoms with E-state index in [0.29, 0.717) is 3.46 Å². The molecule has 0 aromatic heterocycles. The summed E-state index contributed by atoms with van der Waals surface area (Å²) >= 11 is -3.80. The summed E-state index contributed by atoms with van der Waals surface area (Å²) in [5.41, 5.74) is 0. The first kappa shape index (κ1) is 65.7. The van der Waals surface area contributed by atoms with Crippen molar-refractivity contribution in [3.8, 4) is 0 Å². The average Bonchev–Trinajstić information content (AvgIpc) is 3.76. The van der Waals surface area contributed by atoms with Gasteiger partial charge >= 0.3 is 73.4 Å². The van der Waals surface area contributed by atoms with Crippen molar-refractivity contribution in [3.05, 3.63) is 364 Å². The van der Waals surface area contributed by atoms with Crippen molar-refractivity contribution >= 4 is 124 Å². The van der Waals surface area contributed by atoms with E-state index in [-0.39, 0.29) is 0 Å². The molecule has 0 atom stereocenters. The molecule has 0 heterocycles. The molecule has 4 nitrogen and oxygen atoms in total. The van der Waals surface area contributed by atoms with Crippen LogP contribution in [-0.4, -0.2) is 31.9 Å². The van der Waals surface area contributed by atoms with Crippen LogP contribution in [0.25, 0.3) is 0 Å². The van der Waals surface area contributed by atoms with Gasteiger partial charge in [0.1, 0.15) is 63.7 Å². The van der Waals surface area contributed by atoms with Gasteiger partial charge in [-0.15, -0.1) is 0 Å². The van der Waals surface area contributed by atoms with Gasteiger partial charge in [0.15, 0.2) is 0 Å². The quantitative estimate of drug-likeness (QED) is 0.0750. The molecule has 0 spiro atoms. The van der Waals surface area contributed by atoms with E-state index < -0.39 is 51.0 Å². The van der Waals surface area contributed by atoms with Crippen molar-refractivity contribution in [2.24, 2.45) is 0 Å². The molecule has 12 aromatic rings. The van der Waals surface area contributed by atoms with Gasteiger partial charge in [0, 0.05) is 0 Å². The number of hydrogen-bond acceptors (Lipinski definition) is 4. The molecule has 0 saturated carbocycles. The van der Waals surface area contributed by atoms with Crippen molar-refractivity contribution in [2.75, 3.05) is 7.05 Å². The number of halogens is 3. The van der Waals surface area contributed by atoms with Crippen molar-refractivity contribution < 1.29 is 28.5 Å². The fourth-order valence-corrected chi connectivity index (χ4v) is 22.2. The van der Waals surface area contributed by atoms with E-state index in [1.165, 1.54) is 63.7 Å². The van der Waals surface area contributed by atoms with Gasteiger partial charge in [-0.1, -0.05) is 218 Å². The second kappa shape index (κ2) is 34.9. The largest absolute Gasteiger partial charge is 0.102 e. The molecule has 0 bridgehead atoms. The van der Waals surface area contributed by atoms with Gasteiger partial charge in [0.2, 0.25) is 0 Å². The van der Waals surface area contributed by atoms with E-state index >= 15 is 0 Å². The minimum atomic E-state index is -3.80. The first-order valence-electron chi connectivity index (χ1n) is 27.8. The fourth-order valence-electron chi connectivity index (χ4n) is 9.37. The van der Waals surface area contributed by atoms with Crippen LogP contribution >= 0.6 is 59.9 Å². The summed E-state index contributed by atoms with van der Waals surface area (Å²) < 4.78 is 0.519. The number of rotatable bonds is 14. The van der Waals surface area contributed by atoms with E-state index in [4.69, 9.17) is 43.6 Å². The van der Waals surface area contributed by atoms with Gasteiger partial charge in [0.05, 0.1) is 31.7 Å². The topological polar surface area (TPSA) is 63.9 Å². The monoisotopic (exact) mass is 1440 g/mol. The van der Waals surface area contributed by atoms with Crippen molar-refractivity contribution in [2.45, 2.75) is 6.10 Å². The van der Waals surface area contributed by atoms with E-state index in [1.807, 2.05) is 0 Å². The third-order valence-corrected chi connectivity index (χ3v) is 30.7. The maximum absolute atomic E-state index is 8.45. The van der Waals surface area contributed by atoms with Crippen molar-refractivity contribution in [1.29, 1.82) is 0 Å². The zero-order chi connectivity index (χ0) is 60.2. The van der Waals surface area contributed by atoms with Crippen LogP contribution in [0.3, 0.4) is 0 Å². The smallest absolute Gasteiger partial charge is 0.0620 e. The predicted molar refractivity (Wildman–Crippen MR) is 381 cm³/mol. The third kappa shape index (κ3) is 20.4. The van der Waals surface area contributed by atoms with Crippen molar-refractivity contribution in [1.82, 2.24) is 3.46 Å². The Kier molecular flexibility index (Phi) is 26.7. The summed E-state index contributed by atoms with van der Waals surface area (Å²) in [5.74, 6) is 0. The SMILES string of the molecule is C[N](C(O)(O)O)[Pt-4]([Cl])([Cl])[Cl].c1ccc([PH+](c2ccccc2)c2ccccc2)cc1.c1ccc([PH+](c2ccccc2)c2ccccc2)cc1.c1ccc([PH+](c2ccccc2)c2ccccc2)cc1.c1ccc([PH+](c2ccccc2)c2ccccc2)cc1. The van der Waals surface area contributed by atoms with Crippen LogP contribution in [0.1, 0.15) is 0 Å². The molecule has 12 rings (SSSR count). The van der Waals surface area contributed by atoms with E-state index in [0.717, 1.165) is 7.05 Å². The summed E-state index contributed by atoms with van der Waals surface area (Å²) in [5, 5.41) is 42.6. The van der Waals surface area contributed by atoms with Gasteiger partial charge < -0.3 is 0 Å². The molecular weight excluding hydrogens is 1380 g/mol. The van der Waals surface area contributed by atoms with Crippen LogP contribution < -0.4 is 63.7 Å². The van der Waals surface area contributed by atoms with Crippen LogP contribution in [0, 0.1) is 0 Å². The minimum absolute atomic E-state index is 0.519. The Hall–Kier alpha value is -6.24. The van der Waals surface area contributed by atoms with Crippen LogP contribution in [0.4, 0.5) is 0 Å². The molecule has 3 N–H and O–H groups in total. The molecule has 0 radical (unpaired) electrons. The van der Waals surface area contributed by atoms with Gasteiger partial charge in [-0.2, -0.15) is 0 Å². The molecule has 440 valence electrons. The molecule has 0 fully saturated rings.